The summed E-state index contributed by atoms with van der Waals surface area (Å²) in [7, 11) is 0. The zero-order valence-electron chi connectivity index (χ0n) is 13.0. The van der Waals surface area contributed by atoms with Gasteiger partial charge in [0.1, 0.15) is 0 Å². The number of rotatable bonds is 5. The minimum Gasteiger partial charge on any atom is -0.294 e. The van der Waals surface area contributed by atoms with E-state index in [0.717, 1.165) is 17.0 Å². The van der Waals surface area contributed by atoms with Crippen LogP contribution in [0.25, 0.3) is 0 Å². The number of benzene rings is 3. The van der Waals surface area contributed by atoms with Crippen LogP contribution >= 0.6 is 11.6 Å². The van der Waals surface area contributed by atoms with E-state index in [0.29, 0.717) is 10.6 Å². The largest absolute Gasteiger partial charge is 0.294 e. The average Bonchev–Trinajstić information content (AvgIpc) is 2.63. The summed E-state index contributed by atoms with van der Waals surface area (Å²) in [6.07, 6.45) is 0.237. The Labute approximate surface area is 146 Å². The Hall–Kier alpha value is -2.71. The van der Waals surface area contributed by atoms with Crippen LogP contribution < -0.4 is 0 Å². The topological polar surface area (TPSA) is 29.4 Å². The van der Waals surface area contributed by atoms with Gasteiger partial charge in [-0.05, 0) is 29.8 Å². The van der Waals surface area contributed by atoms with Crippen molar-refractivity contribution in [2.24, 2.45) is 4.99 Å². The molecular weight excluding hydrogens is 318 g/mol. The van der Waals surface area contributed by atoms with E-state index in [1.54, 1.807) is 0 Å². The minimum absolute atomic E-state index is 0.0419. The molecule has 0 heterocycles. The number of para-hydroxylation sites is 1. The third-order valence-electron chi connectivity index (χ3n) is 3.62. The highest BCUT2D eigenvalue weighted by Gasteiger charge is 2.12. The van der Waals surface area contributed by atoms with Crippen molar-refractivity contribution >= 4 is 28.8 Å². The van der Waals surface area contributed by atoms with Crippen LogP contribution in [-0.4, -0.2) is 11.5 Å². The van der Waals surface area contributed by atoms with E-state index in [1.165, 1.54) is 0 Å². The molecule has 0 aliphatic carbocycles. The second-order valence-corrected chi connectivity index (χ2v) is 5.80. The standard InChI is InChI=1S/C21H16ClNO/c22-18-13-11-16(12-14-18)20(23-19-9-5-2-6-10-19)15-21(24)17-7-3-1-4-8-17/h1-14H,15H2. The smallest absolute Gasteiger partial charge is 0.168 e. The number of Topliss-reactive ketones (excluding diaryl/α,β-unsaturated/α-hetero) is 1. The summed E-state index contributed by atoms with van der Waals surface area (Å²) in [5.41, 5.74) is 3.13. The van der Waals surface area contributed by atoms with Crippen molar-refractivity contribution in [1.29, 1.82) is 0 Å². The first-order valence-electron chi connectivity index (χ1n) is 7.69. The Morgan fingerprint density at radius 2 is 1.33 bits per heavy atom. The van der Waals surface area contributed by atoms with Gasteiger partial charge in [-0.1, -0.05) is 72.3 Å². The third kappa shape index (κ3) is 4.18. The van der Waals surface area contributed by atoms with Crippen LogP contribution in [0.5, 0.6) is 0 Å². The normalized spacial score (nSPS) is 11.3. The molecule has 3 aromatic rings. The summed E-state index contributed by atoms with van der Waals surface area (Å²) >= 11 is 5.97. The Kier molecular flexibility index (Phi) is 5.19. The van der Waals surface area contributed by atoms with Gasteiger partial charge in [0.15, 0.2) is 5.78 Å². The molecule has 0 amide bonds. The van der Waals surface area contributed by atoms with Crippen molar-refractivity contribution in [3.05, 3.63) is 101 Å². The summed E-state index contributed by atoms with van der Waals surface area (Å²) in [6, 6.07) is 26.3. The lowest BCUT2D eigenvalue weighted by atomic mass is 10.0. The average molecular weight is 334 g/mol. The van der Waals surface area contributed by atoms with Gasteiger partial charge in [0, 0.05) is 10.6 Å². The molecule has 0 aromatic heterocycles. The molecule has 0 fully saturated rings. The molecule has 118 valence electrons. The number of ketones is 1. The van der Waals surface area contributed by atoms with Crippen molar-refractivity contribution in [2.75, 3.05) is 0 Å². The predicted octanol–water partition coefficient (Wildman–Crippen LogP) is 5.73. The molecule has 0 aliphatic heterocycles. The molecule has 3 aromatic carbocycles. The lowest BCUT2D eigenvalue weighted by Crippen LogP contribution is -2.09. The number of hydrogen-bond acceptors (Lipinski definition) is 2. The van der Waals surface area contributed by atoms with E-state index in [1.807, 2.05) is 84.9 Å². The highest BCUT2D eigenvalue weighted by molar-refractivity contribution is 6.30. The van der Waals surface area contributed by atoms with Crippen LogP contribution in [-0.2, 0) is 0 Å². The zero-order chi connectivity index (χ0) is 16.8. The highest BCUT2D eigenvalue weighted by atomic mass is 35.5. The second kappa shape index (κ2) is 7.71. The van der Waals surface area contributed by atoms with E-state index in [-0.39, 0.29) is 12.2 Å². The molecule has 0 saturated carbocycles. The maximum atomic E-state index is 12.6. The van der Waals surface area contributed by atoms with Crippen LogP contribution in [0.2, 0.25) is 5.02 Å². The fourth-order valence-corrected chi connectivity index (χ4v) is 2.51. The van der Waals surface area contributed by atoms with Gasteiger partial charge in [0.05, 0.1) is 17.8 Å². The Balaban J connectivity index is 1.94. The van der Waals surface area contributed by atoms with Crippen LogP contribution in [0.4, 0.5) is 5.69 Å². The SMILES string of the molecule is O=C(CC(=Nc1ccccc1)c1ccc(Cl)cc1)c1ccccc1. The Morgan fingerprint density at radius 3 is 1.96 bits per heavy atom. The van der Waals surface area contributed by atoms with Crippen molar-refractivity contribution in [1.82, 2.24) is 0 Å². The van der Waals surface area contributed by atoms with Gasteiger partial charge in [-0.25, -0.2) is 0 Å². The number of halogens is 1. The number of carbonyl (C=O) groups is 1. The van der Waals surface area contributed by atoms with E-state index in [2.05, 4.69) is 4.99 Å². The molecule has 0 bridgehead atoms. The number of hydrogen-bond donors (Lipinski definition) is 0. The third-order valence-corrected chi connectivity index (χ3v) is 3.87. The molecule has 24 heavy (non-hydrogen) atoms. The lowest BCUT2D eigenvalue weighted by molar-refractivity contribution is 0.100. The van der Waals surface area contributed by atoms with Crippen molar-refractivity contribution in [2.45, 2.75) is 6.42 Å². The maximum Gasteiger partial charge on any atom is 0.168 e. The summed E-state index contributed by atoms with van der Waals surface area (Å²) < 4.78 is 0. The highest BCUT2D eigenvalue weighted by Crippen LogP contribution is 2.18. The van der Waals surface area contributed by atoms with Gasteiger partial charge < -0.3 is 0 Å². The van der Waals surface area contributed by atoms with Gasteiger partial charge in [0.25, 0.3) is 0 Å². The van der Waals surface area contributed by atoms with Crippen molar-refractivity contribution in [3.8, 4) is 0 Å². The monoisotopic (exact) mass is 333 g/mol. The first-order chi connectivity index (χ1) is 11.7. The molecule has 3 rings (SSSR count). The Bertz CT molecular complexity index is 840. The first kappa shape index (κ1) is 16.2. The first-order valence-corrected chi connectivity index (χ1v) is 8.07. The molecular formula is C21H16ClNO. The molecule has 0 N–H and O–H groups in total. The summed E-state index contributed by atoms with van der Waals surface area (Å²) in [6.45, 7) is 0. The zero-order valence-corrected chi connectivity index (χ0v) is 13.8. The number of aliphatic imine (C=N–C) groups is 1. The van der Waals surface area contributed by atoms with Crippen molar-refractivity contribution < 1.29 is 4.79 Å². The molecule has 0 saturated heterocycles. The lowest BCUT2D eigenvalue weighted by Gasteiger charge is -2.07. The predicted molar refractivity (Wildman–Crippen MR) is 99.5 cm³/mol. The van der Waals surface area contributed by atoms with E-state index >= 15 is 0 Å². The minimum atomic E-state index is 0.0419. The fourth-order valence-electron chi connectivity index (χ4n) is 2.38. The van der Waals surface area contributed by atoms with Crippen molar-refractivity contribution in [3.63, 3.8) is 0 Å². The molecule has 2 nitrogen and oxygen atoms in total. The maximum absolute atomic E-state index is 12.6. The molecule has 0 spiro atoms. The van der Waals surface area contributed by atoms with E-state index < -0.39 is 0 Å². The van der Waals surface area contributed by atoms with Crippen LogP contribution in [0.3, 0.4) is 0 Å². The summed E-state index contributed by atoms with van der Waals surface area (Å²) in [5, 5.41) is 0.659. The summed E-state index contributed by atoms with van der Waals surface area (Å²) in [4.78, 5) is 17.3. The molecule has 0 radical (unpaired) electrons. The van der Waals surface area contributed by atoms with Crippen LogP contribution in [0, 0.1) is 0 Å². The quantitative estimate of drug-likeness (QED) is 0.433. The van der Waals surface area contributed by atoms with Crippen LogP contribution in [0.15, 0.2) is 89.9 Å². The van der Waals surface area contributed by atoms with Gasteiger partial charge in [-0.2, -0.15) is 0 Å². The van der Waals surface area contributed by atoms with Gasteiger partial charge in [-0.3, -0.25) is 9.79 Å². The molecule has 3 heteroatoms. The number of nitrogens with zero attached hydrogens (tertiary/aromatic N) is 1. The van der Waals surface area contributed by atoms with Gasteiger partial charge >= 0.3 is 0 Å². The molecule has 0 atom stereocenters. The van der Waals surface area contributed by atoms with E-state index in [9.17, 15) is 4.79 Å². The van der Waals surface area contributed by atoms with Gasteiger partial charge in [-0.15, -0.1) is 0 Å². The summed E-state index contributed by atoms with van der Waals surface area (Å²) in [5.74, 6) is 0.0419. The molecule has 0 aliphatic rings. The van der Waals surface area contributed by atoms with E-state index in [4.69, 9.17) is 11.6 Å². The van der Waals surface area contributed by atoms with Gasteiger partial charge in [0.2, 0.25) is 0 Å². The molecule has 0 unspecified atom stereocenters. The number of carbonyl (C=O) groups excluding carboxylic acids is 1. The van der Waals surface area contributed by atoms with Crippen LogP contribution in [0.1, 0.15) is 22.3 Å². The second-order valence-electron chi connectivity index (χ2n) is 5.37. The Morgan fingerprint density at radius 1 is 0.750 bits per heavy atom. The fraction of sp³-hybridized carbons (Fsp3) is 0.0476.